The van der Waals surface area contributed by atoms with Crippen LogP contribution in [0.1, 0.15) is 11.5 Å². The van der Waals surface area contributed by atoms with Gasteiger partial charge in [0.1, 0.15) is 0 Å². The molecule has 0 unspecified atom stereocenters. The van der Waals surface area contributed by atoms with Crippen molar-refractivity contribution < 1.29 is 0 Å². The Morgan fingerprint density at radius 3 is 2.53 bits per heavy atom. The first-order valence-corrected chi connectivity index (χ1v) is 11.2. The maximum atomic E-state index is 12.6. The number of pyridine rings is 1. The van der Waals surface area contributed by atoms with E-state index in [2.05, 4.69) is 15.2 Å². The Morgan fingerprint density at radius 1 is 0.900 bits per heavy atom. The van der Waals surface area contributed by atoms with E-state index >= 15 is 0 Å². The molecule has 0 N–H and O–H groups in total. The van der Waals surface area contributed by atoms with Gasteiger partial charge in [-0.25, -0.2) is 0 Å². The zero-order valence-corrected chi connectivity index (χ0v) is 17.5. The number of nitrogens with zero attached hydrogens (tertiary/aromatic N) is 5. The maximum Gasteiger partial charge on any atom is 0.308 e. The van der Waals surface area contributed by atoms with Crippen LogP contribution in [0.2, 0.25) is 0 Å². The van der Waals surface area contributed by atoms with Gasteiger partial charge in [0.2, 0.25) is 0 Å². The van der Waals surface area contributed by atoms with E-state index < -0.39 is 0 Å². The summed E-state index contributed by atoms with van der Waals surface area (Å²) in [6, 6.07) is 23.7. The lowest BCUT2D eigenvalue weighted by Crippen LogP contribution is -2.16. The summed E-state index contributed by atoms with van der Waals surface area (Å²) in [5.41, 5.74) is 2.86. The van der Waals surface area contributed by atoms with E-state index in [0.717, 1.165) is 32.6 Å². The lowest BCUT2D eigenvalue weighted by Gasteiger charge is -2.11. The highest BCUT2D eigenvalue weighted by atomic mass is 32.2. The number of rotatable bonds is 6. The number of hydrogen-bond donors (Lipinski definition) is 0. The Kier molecular flexibility index (Phi) is 5.17. The van der Waals surface area contributed by atoms with Gasteiger partial charge in [-0.1, -0.05) is 59.5 Å². The maximum absolute atomic E-state index is 12.6. The molecular formula is C22H17N5OS2. The standard InChI is InChI=1S/C22H17N5OS2/c28-22-26(18-11-4-5-12-19(18)30-22)14-20-24-25-21(27(20)17-9-2-1-3-10-17)29-15-16-8-6-7-13-23-16/h1-13H,14-15H2. The largest absolute Gasteiger partial charge is 0.308 e. The van der Waals surface area contributed by atoms with Crippen molar-refractivity contribution in [2.45, 2.75) is 17.5 Å². The number of thioether (sulfide) groups is 1. The summed E-state index contributed by atoms with van der Waals surface area (Å²) >= 11 is 2.83. The molecule has 0 saturated carbocycles. The van der Waals surface area contributed by atoms with Crippen molar-refractivity contribution >= 4 is 33.3 Å². The predicted octanol–water partition coefficient (Wildman–Crippen LogP) is 4.38. The van der Waals surface area contributed by atoms with Crippen molar-refractivity contribution in [1.82, 2.24) is 24.3 Å². The van der Waals surface area contributed by atoms with Crippen LogP contribution >= 0.6 is 23.1 Å². The highest BCUT2D eigenvalue weighted by Gasteiger charge is 2.17. The van der Waals surface area contributed by atoms with E-state index in [-0.39, 0.29) is 4.87 Å². The topological polar surface area (TPSA) is 65.6 Å². The Balaban J connectivity index is 1.54. The first kappa shape index (κ1) is 18.8. The van der Waals surface area contributed by atoms with Gasteiger partial charge in [-0.3, -0.25) is 18.9 Å². The average Bonchev–Trinajstić information content (AvgIpc) is 3.34. The molecule has 5 rings (SSSR count). The minimum atomic E-state index is 0.00139. The van der Waals surface area contributed by atoms with Crippen LogP contribution in [0.4, 0.5) is 0 Å². The van der Waals surface area contributed by atoms with Crippen LogP contribution in [0.25, 0.3) is 15.9 Å². The molecule has 0 aliphatic heterocycles. The summed E-state index contributed by atoms with van der Waals surface area (Å²) in [5.74, 6) is 1.41. The SMILES string of the molecule is O=c1sc2ccccc2n1Cc1nnc(SCc2ccccn2)n1-c1ccccc1. The van der Waals surface area contributed by atoms with Gasteiger partial charge in [-0.05, 0) is 36.4 Å². The number of aromatic nitrogens is 5. The monoisotopic (exact) mass is 431 g/mol. The molecule has 0 aliphatic carbocycles. The first-order chi connectivity index (χ1) is 14.8. The number of hydrogen-bond acceptors (Lipinski definition) is 6. The molecule has 0 fully saturated rings. The van der Waals surface area contributed by atoms with Crippen LogP contribution in [-0.2, 0) is 12.3 Å². The molecule has 6 nitrogen and oxygen atoms in total. The minimum Gasteiger partial charge on any atom is -0.291 e. The summed E-state index contributed by atoms with van der Waals surface area (Å²) in [6.45, 7) is 0.356. The minimum absolute atomic E-state index is 0.00139. The number of fused-ring (bicyclic) bond motifs is 1. The quantitative estimate of drug-likeness (QED) is 0.373. The van der Waals surface area contributed by atoms with Crippen molar-refractivity contribution in [2.24, 2.45) is 0 Å². The summed E-state index contributed by atoms with van der Waals surface area (Å²) in [7, 11) is 0. The van der Waals surface area contributed by atoms with Gasteiger partial charge in [-0.2, -0.15) is 0 Å². The van der Waals surface area contributed by atoms with Crippen LogP contribution < -0.4 is 4.87 Å². The van der Waals surface area contributed by atoms with E-state index in [4.69, 9.17) is 0 Å². The lowest BCUT2D eigenvalue weighted by atomic mass is 10.3. The fourth-order valence-corrected chi connectivity index (χ4v) is 5.04. The van der Waals surface area contributed by atoms with E-state index in [1.54, 1.807) is 22.5 Å². The lowest BCUT2D eigenvalue weighted by molar-refractivity contribution is 0.726. The highest BCUT2D eigenvalue weighted by molar-refractivity contribution is 7.98. The molecule has 0 radical (unpaired) electrons. The molecule has 0 saturated heterocycles. The third-order valence-corrected chi connectivity index (χ3v) is 6.59. The number of para-hydroxylation sites is 2. The molecule has 2 aromatic carbocycles. The summed E-state index contributed by atoms with van der Waals surface area (Å²) in [5, 5.41) is 9.65. The van der Waals surface area contributed by atoms with Crippen molar-refractivity contribution in [3.63, 3.8) is 0 Å². The van der Waals surface area contributed by atoms with Crippen molar-refractivity contribution in [3.05, 3.63) is 100 Å². The van der Waals surface area contributed by atoms with Crippen LogP contribution in [0.3, 0.4) is 0 Å². The predicted molar refractivity (Wildman–Crippen MR) is 120 cm³/mol. The Labute approximate surface area is 180 Å². The van der Waals surface area contributed by atoms with Crippen molar-refractivity contribution in [2.75, 3.05) is 0 Å². The van der Waals surface area contributed by atoms with Crippen LogP contribution in [0, 0.1) is 0 Å². The molecule has 0 aliphatic rings. The Hall–Kier alpha value is -3.23. The van der Waals surface area contributed by atoms with Gasteiger partial charge in [0.05, 0.1) is 22.5 Å². The zero-order valence-electron chi connectivity index (χ0n) is 15.9. The van der Waals surface area contributed by atoms with E-state index in [9.17, 15) is 4.79 Å². The number of benzene rings is 2. The van der Waals surface area contributed by atoms with Gasteiger partial charge in [-0.15, -0.1) is 10.2 Å². The summed E-state index contributed by atoms with van der Waals surface area (Å²) < 4.78 is 4.75. The summed E-state index contributed by atoms with van der Waals surface area (Å²) in [6.07, 6.45) is 1.79. The smallest absolute Gasteiger partial charge is 0.291 e. The molecule has 3 heterocycles. The molecule has 0 amide bonds. The average molecular weight is 432 g/mol. The Morgan fingerprint density at radius 2 is 1.70 bits per heavy atom. The van der Waals surface area contributed by atoms with Gasteiger partial charge >= 0.3 is 4.87 Å². The molecule has 0 bridgehead atoms. The fraction of sp³-hybridized carbons (Fsp3) is 0.0909. The second-order valence-corrected chi connectivity index (χ2v) is 8.54. The molecule has 8 heteroatoms. The molecule has 0 spiro atoms. The molecule has 3 aromatic heterocycles. The van der Waals surface area contributed by atoms with Crippen molar-refractivity contribution in [3.8, 4) is 5.69 Å². The van der Waals surface area contributed by atoms with Crippen molar-refractivity contribution in [1.29, 1.82) is 0 Å². The second kappa shape index (κ2) is 8.25. The third-order valence-electron chi connectivity index (χ3n) is 4.66. The van der Waals surface area contributed by atoms with Crippen LogP contribution in [0.15, 0.2) is 88.9 Å². The van der Waals surface area contributed by atoms with Gasteiger partial charge in [0, 0.05) is 17.6 Å². The van der Waals surface area contributed by atoms with E-state index in [1.807, 2.05) is 77.4 Å². The third kappa shape index (κ3) is 3.67. The summed E-state index contributed by atoms with van der Waals surface area (Å²) in [4.78, 5) is 17.0. The first-order valence-electron chi connectivity index (χ1n) is 9.40. The van der Waals surface area contributed by atoms with Crippen LogP contribution in [0.5, 0.6) is 0 Å². The molecule has 30 heavy (non-hydrogen) atoms. The van der Waals surface area contributed by atoms with Gasteiger partial charge in [0.15, 0.2) is 11.0 Å². The Bertz CT molecular complexity index is 1340. The zero-order chi connectivity index (χ0) is 20.3. The number of thiazole rings is 1. The molecule has 5 aromatic rings. The second-order valence-electron chi connectivity index (χ2n) is 6.60. The fourth-order valence-electron chi connectivity index (χ4n) is 3.26. The van der Waals surface area contributed by atoms with Gasteiger partial charge < -0.3 is 0 Å². The molecule has 148 valence electrons. The normalized spacial score (nSPS) is 11.2. The highest BCUT2D eigenvalue weighted by Crippen LogP contribution is 2.26. The molecule has 0 atom stereocenters. The van der Waals surface area contributed by atoms with Gasteiger partial charge in [0.25, 0.3) is 0 Å². The van der Waals surface area contributed by atoms with Crippen LogP contribution in [-0.4, -0.2) is 24.3 Å². The van der Waals surface area contributed by atoms with E-state index in [0.29, 0.717) is 12.3 Å². The molecular weight excluding hydrogens is 414 g/mol. The van der Waals surface area contributed by atoms with E-state index in [1.165, 1.54) is 11.3 Å².